The average molecular weight is 285 g/mol. The number of nitrogen functional groups attached to an aromatic ring is 1. The Balaban J connectivity index is 2.50. The number of carbonyl (C=O) groups excluding carboxylic acids is 1. The van der Waals surface area contributed by atoms with E-state index in [1.807, 2.05) is 20.8 Å². The summed E-state index contributed by atoms with van der Waals surface area (Å²) in [4.78, 5) is 16.5. The van der Waals surface area contributed by atoms with Crippen molar-refractivity contribution in [3.8, 4) is 6.07 Å². The number of nitrogens with zero attached hydrogens (tertiary/aromatic N) is 3. The van der Waals surface area contributed by atoms with Crippen LogP contribution in [0.25, 0.3) is 11.0 Å². The second-order valence-electron chi connectivity index (χ2n) is 6.04. The first kappa shape index (κ1) is 14.9. The van der Waals surface area contributed by atoms with Crippen LogP contribution in [-0.2, 0) is 4.79 Å². The minimum absolute atomic E-state index is 0.143. The average Bonchev–Trinajstić information content (AvgIpc) is 2.71. The lowest BCUT2D eigenvalue weighted by atomic mass is 10.1. The number of amides is 1. The summed E-state index contributed by atoms with van der Waals surface area (Å²) < 4.78 is 1.65. The Hall–Kier alpha value is -2.55. The van der Waals surface area contributed by atoms with Crippen molar-refractivity contribution in [2.24, 2.45) is 0 Å². The highest BCUT2D eigenvalue weighted by Crippen LogP contribution is 2.25. The van der Waals surface area contributed by atoms with Crippen molar-refractivity contribution >= 4 is 22.9 Å². The van der Waals surface area contributed by atoms with Crippen LogP contribution in [-0.4, -0.2) is 21.0 Å². The minimum atomic E-state index is -0.511. The molecule has 0 spiro atoms. The lowest BCUT2D eigenvalue weighted by Crippen LogP contribution is -2.43. The predicted octanol–water partition coefficient (Wildman–Crippen LogP) is 1.97. The summed E-state index contributed by atoms with van der Waals surface area (Å²) in [7, 11) is 0. The summed E-state index contributed by atoms with van der Waals surface area (Å²) in [6.45, 7) is 7.51. The van der Waals surface area contributed by atoms with Crippen molar-refractivity contribution in [1.82, 2.24) is 14.9 Å². The number of nitriles is 1. The van der Waals surface area contributed by atoms with Gasteiger partial charge in [0.05, 0.1) is 11.1 Å². The Bertz CT molecular complexity index is 733. The van der Waals surface area contributed by atoms with Gasteiger partial charge in [0, 0.05) is 5.54 Å². The van der Waals surface area contributed by atoms with E-state index in [2.05, 4.69) is 16.4 Å². The number of hydrogen-bond acceptors (Lipinski definition) is 4. The van der Waals surface area contributed by atoms with E-state index in [1.165, 1.54) is 0 Å². The number of hydrogen-bond donors (Lipinski definition) is 2. The molecule has 21 heavy (non-hydrogen) atoms. The molecular formula is C15H19N5O. The fourth-order valence-corrected chi connectivity index (χ4v) is 2.22. The fraction of sp³-hybridized carbons (Fsp3) is 0.400. The number of benzene rings is 1. The smallest absolute Gasteiger partial charge is 0.243 e. The normalized spacial score (nSPS) is 12.9. The third kappa shape index (κ3) is 2.82. The molecule has 0 saturated carbocycles. The van der Waals surface area contributed by atoms with Crippen LogP contribution in [0, 0.1) is 11.3 Å². The molecule has 0 aliphatic carbocycles. The number of para-hydroxylation sites is 1. The van der Waals surface area contributed by atoms with Crippen LogP contribution in [0.1, 0.15) is 39.3 Å². The molecule has 1 aromatic heterocycles. The summed E-state index contributed by atoms with van der Waals surface area (Å²) in [5.41, 5.74) is 7.27. The Morgan fingerprint density at radius 3 is 2.71 bits per heavy atom. The lowest BCUT2D eigenvalue weighted by Gasteiger charge is -2.24. The zero-order valence-electron chi connectivity index (χ0n) is 12.6. The van der Waals surface area contributed by atoms with Crippen molar-refractivity contribution in [3.05, 3.63) is 23.8 Å². The molecule has 2 rings (SSSR count). The topological polar surface area (TPSA) is 96.7 Å². The van der Waals surface area contributed by atoms with Crippen molar-refractivity contribution < 1.29 is 4.79 Å². The van der Waals surface area contributed by atoms with Gasteiger partial charge >= 0.3 is 0 Å². The lowest BCUT2D eigenvalue weighted by molar-refractivity contribution is -0.125. The second-order valence-corrected chi connectivity index (χ2v) is 6.04. The van der Waals surface area contributed by atoms with Crippen LogP contribution in [0.2, 0.25) is 0 Å². The number of aromatic nitrogens is 2. The molecule has 2 aromatic rings. The van der Waals surface area contributed by atoms with Gasteiger partial charge in [-0.25, -0.2) is 4.98 Å². The van der Waals surface area contributed by atoms with Gasteiger partial charge in [-0.2, -0.15) is 5.26 Å². The molecule has 0 radical (unpaired) electrons. The predicted molar refractivity (Wildman–Crippen MR) is 81.5 cm³/mol. The first-order valence-electron chi connectivity index (χ1n) is 6.73. The Morgan fingerprint density at radius 2 is 2.14 bits per heavy atom. The Kier molecular flexibility index (Phi) is 3.60. The minimum Gasteiger partial charge on any atom is -0.369 e. The fourth-order valence-electron chi connectivity index (χ4n) is 2.22. The van der Waals surface area contributed by atoms with Gasteiger partial charge in [-0.3, -0.25) is 9.36 Å². The highest BCUT2D eigenvalue weighted by atomic mass is 16.2. The van der Waals surface area contributed by atoms with Crippen molar-refractivity contribution in [2.75, 3.05) is 5.73 Å². The number of carbonyl (C=O) groups is 1. The maximum Gasteiger partial charge on any atom is 0.243 e. The first-order valence-corrected chi connectivity index (χ1v) is 6.73. The molecular weight excluding hydrogens is 266 g/mol. The number of nitrogens with two attached hydrogens (primary N) is 1. The van der Waals surface area contributed by atoms with Crippen LogP contribution in [0.15, 0.2) is 18.2 Å². The number of fused-ring (bicyclic) bond motifs is 1. The summed E-state index contributed by atoms with van der Waals surface area (Å²) in [5, 5.41) is 12.0. The van der Waals surface area contributed by atoms with Crippen LogP contribution < -0.4 is 11.1 Å². The van der Waals surface area contributed by atoms with E-state index >= 15 is 0 Å². The molecule has 0 fully saturated rings. The molecule has 0 saturated heterocycles. The van der Waals surface area contributed by atoms with Crippen LogP contribution in [0.3, 0.4) is 0 Å². The summed E-state index contributed by atoms with van der Waals surface area (Å²) >= 11 is 0. The molecule has 3 N–H and O–H groups in total. The molecule has 1 atom stereocenters. The van der Waals surface area contributed by atoms with Gasteiger partial charge in [-0.05, 0) is 39.8 Å². The molecule has 0 aliphatic rings. The summed E-state index contributed by atoms with van der Waals surface area (Å²) in [6, 6.07) is 6.82. The van der Waals surface area contributed by atoms with Crippen molar-refractivity contribution in [2.45, 2.75) is 39.3 Å². The monoisotopic (exact) mass is 285 g/mol. The van der Waals surface area contributed by atoms with Gasteiger partial charge in [-0.15, -0.1) is 0 Å². The highest BCUT2D eigenvalue weighted by molar-refractivity contribution is 5.88. The number of anilines is 1. The largest absolute Gasteiger partial charge is 0.369 e. The van der Waals surface area contributed by atoms with E-state index in [9.17, 15) is 4.79 Å². The van der Waals surface area contributed by atoms with Gasteiger partial charge in [0.15, 0.2) is 0 Å². The molecule has 1 heterocycles. The molecule has 1 unspecified atom stereocenters. The number of nitrogens with one attached hydrogen (secondary N) is 1. The third-order valence-electron chi connectivity index (χ3n) is 3.13. The van der Waals surface area contributed by atoms with E-state index in [0.717, 1.165) is 0 Å². The number of imidazole rings is 1. The summed E-state index contributed by atoms with van der Waals surface area (Å²) in [6.07, 6.45) is 0. The van der Waals surface area contributed by atoms with E-state index in [-0.39, 0.29) is 17.4 Å². The van der Waals surface area contributed by atoms with E-state index < -0.39 is 6.04 Å². The van der Waals surface area contributed by atoms with E-state index in [0.29, 0.717) is 16.6 Å². The maximum absolute atomic E-state index is 12.3. The van der Waals surface area contributed by atoms with Crippen molar-refractivity contribution in [1.29, 1.82) is 5.26 Å². The first-order chi connectivity index (χ1) is 9.74. The highest BCUT2D eigenvalue weighted by Gasteiger charge is 2.24. The molecule has 110 valence electrons. The molecule has 0 aliphatic heterocycles. The van der Waals surface area contributed by atoms with Crippen LogP contribution >= 0.6 is 0 Å². The van der Waals surface area contributed by atoms with E-state index in [1.54, 1.807) is 29.7 Å². The van der Waals surface area contributed by atoms with Gasteiger partial charge < -0.3 is 11.1 Å². The quantitative estimate of drug-likeness (QED) is 0.881. The zero-order chi connectivity index (χ0) is 15.8. The number of rotatable bonds is 2. The summed E-state index contributed by atoms with van der Waals surface area (Å²) in [5.74, 6) is 0.0834. The SMILES string of the molecule is CC(C(=O)NC(C)(C)C)n1c(N)nc2c(C#N)cccc21. The Labute approximate surface area is 123 Å². The van der Waals surface area contributed by atoms with Crippen molar-refractivity contribution in [3.63, 3.8) is 0 Å². The third-order valence-corrected chi connectivity index (χ3v) is 3.13. The molecule has 1 aromatic carbocycles. The van der Waals surface area contributed by atoms with Gasteiger partial charge in [0.25, 0.3) is 0 Å². The molecule has 6 nitrogen and oxygen atoms in total. The Morgan fingerprint density at radius 1 is 1.48 bits per heavy atom. The standard InChI is InChI=1S/C15H19N5O/c1-9(13(21)19-15(2,3)4)20-11-7-5-6-10(8-16)12(11)18-14(20)17/h5-7,9H,1-4H3,(H2,17,18)(H,19,21). The van der Waals surface area contributed by atoms with Crippen LogP contribution in [0.5, 0.6) is 0 Å². The van der Waals surface area contributed by atoms with Gasteiger partial charge in [-0.1, -0.05) is 6.07 Å². The van der Waals surface area contributed by atoms with Gasteiger partial charge in [0.2, 0.25) is 11.9 Å². The molecule has 6 heteroatoms. The molecule has 0 bridgehead atoms. The van der Waals surface area contributed by atoms with Crippen LogP contribution in [0.4, 0.5) is 5.95 Å². The van der Waals surface area contributed by atoms with Gasteiger partial charge in [0.1, 0.15) is 17.6 Å². The zero-order valence-corrected chi connectivity index (χ0v) is 12.6. The van der Waals surface area contributed by atoms with E-state index in [4.69, 9.17) is 11.0 Å². The second kappa shape index (κ2) is 5.09. The molecule has 1 amide bonds. The maximum atomic E-state index is 12.3.